The van der Waals surface area contributed by atoms with Gasteiger partial charge in [-0.2, -0.15) is 0 Å². The van der Waals surface area contributed by atoms with E-state index in [1.807, 2.05) is 7.05 Å². The summed E-state index contributed by atoms with van der Waals surface area (Å²) in [5.74, 6) is 0. The summed E-state index contributed by atoms with van der Waals surface area (Å²) in [6.07, 6.45) is 7.51. The summed E-state index contributed by atoms with van der Waals surface area (Å²) in [6.45, 7) is 2.03. The molecule has 1 rings (SSSR count). The van der Waals surface area contributed by atoms with Gasteiger partial charge in [0.15, 0.2) is 0 Å². The lowest BCUT2D eigenvalue weighted by molar-refractivity contribution is 0.782. The number of hydrogen-bond acceptors (Lipinski definition) is 2. The van der Waals surface area contributed by atoms with Gasteiger partial charge >= 0.3 is 0 Å². The maximum atomic E-state index is 3.17. The van der Waals surface area contributed by atoms with E-state index in [1.165, 1.54) is 5.57 Å². The van der Waals surface area contributed by atoms with Crippen molar-refractivity contribution in [2.24, 2.45) is 0 Å². The van der Waals surface area contributed by atoms with Crippen LogP contribution in [0.15, 0.2) is 23.9 Å². The Labute approximate surface area is 62.0 Å². The predicted molar refractivity (Wildman–Crippen MR) is 43.8 cm³/mol. The first-order valence-corrected chi connectivity index (χ1v) is 3.67. The molecule has 1 aliphatic heterocycles. The van der Waals surface area contributed by atoms with Crippen molar-refractivity contribution in [1.29, 1.82) is 0 Å². The van der Waals surface area contributed by atoms with Gasteiger partial charge in [0.05, 0.1) is 0 Å². The zero-order chi connectivity index (χ0) is 7.23. The highest BCUT2D eigenvalue weighted by Gasteiger charge is 1.93. The van der Waals surface area contributed by atoms with E-state index in [0.29, 0.717) is 0 Å². The van der Waals surface area contributed by atoms with Crippen LogP contribution >= 0.6 is 0 Å². The van der Waals surface area contributed by atoms with E-state index >= 15 is 0 Å². The van der Waals surface area contributed by atoms with Crippen molar-refractivity contribution in [3.05, 3.63) is 23.9 Å². The largest absolute Gasteiger partial charge is 0.387 e. The highest BCUT2D eigenvalue weighted by atomic mass is 14.8. The van der Waals surface area contributed by atoms with Gasteiger partial charge < -0.3 is 10.6 Å². The van der Waals surface area contributed by atoms with Gasteiger partial charge in [0.25, 0.3) is 0 Å². The lowest BCUT2D eigenvalue weighted by Crippen LogP contribution is -2.13. The molecule has 2 nitrogen and oxygen atoms in total. The van der Waals surface area contributed by atoms with Crippen molar-refractivity contribution in [1.82, 2.24) is 10.6 Å². The minimum absolute atomic E-state index is 0.975. The van der Waals surface area contributed by atoms with Gasteiger partial charge in [-0.1, -0.05) is 12.2 Å². The topological polar surface area (TPSA) is 24.1 Å². The quantitative estimate of drug-likeness (QED) is 0.598. The van der Waals surface area contributed by atoms with Gasteiger partial charge in [-0.15, -0.1) is 0 Å². The van der Waals surface area contributed by atoms with Crippen LogP contribution in [0, 0.1) is 0 Å². The molecule has 1 aliphatic rings. The Morgan fingerprint density at radius 2 is 2.60 bits per heavy atom. The molecule has 0 aromatic carbocycles. The van der Waals surface area contributed by atoms with E-state index < -0.39 is 0 Å². The molecule has 0 radical (unpaired) electrons. The molecule has 2 N–H and O–H groups in total. The van der Waals surface area contributed by atoms with Gasteiger partial charge in [0.1, 0.15) is 0 Å². The molecule has 1 heterocycles. The SMILES string of the molecule is CNCCC1=CNCC=C1. The van der Waals surface area contributed by atoms with E-state index in [0.717, 1.165) is 19.5 Å². The standard InChI is InChI=1S/C8H14N2/c1-9-6-4-8-3-2-5-10-7-8/h2-3,7,9-10H,4-6H2,1H3. The van der Waals surface area contributed by atoms with Gasteiger partial charge in [-0.3, -0.25) is 0 Å². The average Bonchev–Trinajstić information content (AvgIpc) is 2.03. The van der Waals surface area contributed by atoms with Gasteiger partial charge in [0, 0.05) is 6.54 Å². The number of allylic oxidation sites excluding steroid dienone is 1. The second-order valence-electron chi connectivity index (χ2n) is 2.38. The van der Waals surface area contributed by atoms with Crippen molar-refractivity contribution < 1.29 is 0 Å². The third-order valence-electron chi connectivity index (χ3n) is 1.52. The van der Waals surface area contributed by atoms with Crippen LogP contribution in [0.5, 0.6) is 0 Å². The van der Waals surface area contributed by atoms with E-state index in [2.05, 4.69) is 29.0 Å². The number of nitrogens with one attached hydrogen (secondary N) is 2. The normalized spacial score (nSPS) is 16.3. The number of hydrogen-bond donors (Lipinski definition) is 2. The third kappa shape index (κ3) is 2.23. The number of rotatable bonds is 3. The molecule has 0 fully saturated rings. The molecule has 0 aromatic rings. The Hall–Kier alpha value is -0.760. The van der Waals surface area contributed by atoms with Crippen molar-refractivity contribution in [3.8, 4) is 0 Å². The summed E-state index contributed by atoms with van der Waals surface area (Å²) in [5, 5.41) is 6.28. The maximum Gasteiger partial charge on any atom is 0.0328 e. The van der Waals surface area contributed by atoms with E-state index in [-0.39, 0.29) is 0 Å². The molecule has 0 unspecified atom stereocenters. The fraction of sp³-hybridized carbons (Fsp3) is 0.500. The van der Waals surface area contributed by atoms with Crippen LogP contribution in [-0.4, -0.2) is 20.1 Å². The summed E-state index contributed by atoms with van der Waals surface area (Å²) in [4.78, 5) is 0. The summed E-state index contributed by atoms with van der Waals surface area (Å²) in [6, 6.07) is 0. The minimum atomic E-state index is 0.975. The zero-order valence-corrected chi connectivity index (χ0v) is 6.35. The molecule has 0 aliphatic carbocycles. The lowest BCUT2D eigenvalue weighted by atomic mass is 10.1. The molecule has 0 atom stereocenters. The third-order valence-corrected chi connectivity index (χ3v) is 1.52. The van der Waals surface area contributed by atoms with E-state index in [1.54, 1.807) is 0 Å². The molecule has 10 heavy (non-hydrogen) atoms. The second kappa shape index (κ2) is 4.12. The Kier molecular flexibility index (Phi) is 3.03. The van der Waals surface area contributed by atoms with E-state index in [4.69, 9.17) is 0 Å². The second-order valence-corrected chi connectivity index (χ2v) is 2.38. The van der Waals surface area contributed by atoms with Crippen molar-refractivity contribution in [3.63, 3.8) is 0 Å². The van der Waals surface area contributed by atoms with Crippen LogP contribution in [0.2, 0.25) is 0 Å². The molecule has 0 bridgehead atoms. The molecule has 0 saturated heterocycles. The summed E-state index contributed by atoms with van der Waals surface area (Å²) in [5.41, 5.74) is 1.38. The van der Waals surface area contributed by atoms with Crippen LogP contribution in [0.3, 0.4) is 0 Å². The monoisotopic (exact) mass is 138 g/mol. The molecular formula is C8H14N2. The minimum Gasteiger partial charge on any atom is -0.387 e. The highest BCUT2D eigenvalue weighted by Crippen LogP contribution is 2.03. The van der Waals surface area contributed by atoms with E-state index in [9.17, 15) is 0 Å². The Morgan fingerprint density at radius 1 is 1.70 bits per heavy atom. The number of dihydropyridines is 1. The summed E-state index contributed by atoms with van der Waals surface area (Å²) >= 11 is 0. The first kappa shape index (κ1) is 7.35. The van der Waals surface area contributed by atoms with Gasteiger partial charge in [-0.05, 0) is 31.8 Å². The lowest BCUT2D eigenvalue weighted by Gasteiger charge is -2.07. The van der Waals surface area contributed by atoms with Crippen LogP contribution in [0.25, 0.3) is 0 Å². The maximum absolute atomic E-state index is 3.17. The molecule has 0 aromatic heterocycles. The molecule has 2 heteroatoms. The molecular weight excluding hydrogens is 124 g/mol. The zero-order valence-electron chi connectivity index (χ0n) is 6.35. The molecule has 56 valence electrons. The Bertz CT molecular complexity index is 147. The van der Waals surface area contributed by atoms with Crippen LogP contribution in [0.4, 0.5) is 0 Å². The molecule has 0 spiro atoms. The molecule has 0 saturated carbocycles. The molecule has 0 amide bonds. The van der Waals surface area contributed by atoms with Gasteiger partial charge in [0.2, 0.25) is 0 Å². The Morgan fingerprint density at radius 3 is 3.20 bits per heavy atom. The van der Waals surface area contributed by atoms with Crippen LogP contribution in [-0.2, 0) is 0 Å². The van der Waals surface area contributed by atoms with Crippen LogP contribution < -0.4 is 10.6 Å². The van der Waals surface area contributed by atoms with Crippen molar-refractivity contribution in [2.75, 3.05) is 20.1 Å². The summed E-state index contributed by atoms with van der Waals surface area (Å²) in [7, 11) is 1.97. The smallest absolute Gasteiger partial charge is 0.0328 e. The first-order chi connectivity index (χ1) is 4.93. The predicted octanol–water partition coefficient (Wildman–Crippen LogP) is 0.639. The summed E-state index contributed by atoms with van der Waals surface area (Å²) < 4.78 is 0. The van der Waals surface area contributed by atoms with Gasteiger partial charge in [-0.25, -0.2) is 0 Å². The highest BCUT2D eigenvalue weighted by molar-refractivity contribution is 5.21. The Balaban J connectivity index is 2.26. The van der Waals surface area contributed by atoms with Crippen molar-refractivity contribution >= 4 is 0 Å². The average molecular weight is 138 g/mol. The first-order valence-electron chi connectivity index (χ1n) is 3.67. The van der Waals surface area contributed by atoms with Crippen LogP contribution in [0.1, 0.15) is 6.42 Å². The fourth-order valence-electron chi connectivity index (χ4n) is 0.941. The van der Waals surface area contributed by atoms with Crippen molar-refractivity contribution in [2.45, 2.75) is 6.42 Å². The fourth-order valence-corrected chi connectivity index (χ4v) is 0.941.